The van der Waals surface area contributed by atoms with Gasteiger partial charge in [-0.25, -0.2) is 4.79 Å². The van der Waals surface area contributed by atoms with Crippen LogP contribution in [0.4, 0.5) is 0 Å². The molecular weight excluding hydrogens is 278 g/mol. The summed E-state index contributed by atoms with van der Waals surface area (Å²) in [6.07, 6.45) is -0.292. The van der Waals surface area contributed by atoms with Gasteiger partial charge < -0.3 is 26.6 Å². The SMILES string of the molecule is CC(N)C(=O)NC(CC(Cl)C1(O)CNC1=O)C(=O)O. The van der Waals surface area contributed by atoms with Crippen molar-refractivity contribution in [2.75, 3.05) is 6.54 Å². The van der Waals surface area contributed by atoms with Gasteiger partial charge in [-0.2, -0.15) is 0 Å². The third-order valence-corrected chi connectivity index (χ3v) is 3.44. The second kappa shape index (κ2) is 5.72. The van der Waals surface area contributed by atoms with Gasteiger partial charge in [-0.15, -0.1) is 11.6 Å². The number of halogens is 1. The fraction of sp³-hybridized carbons (Fsp3) is 0.700. The van der Waals surface area contributed by atoms with Crippen LogP contribution in [0.3, 0.4) is 0 Å². The number of amides is 2. The molecule has 1 aliphatic heterocycles. The predicted octanol–water partition coefficient (Wildman–Crippen LogP) is -2.24. The second-order valence-corrected chi connectivity index (χ2v) is 5.03. The van der Waals surface area contributed by atoms with E-state index in [-0.39, 0.29) is 13.0 Å². The Hall–Kier alpha value is -1.38. The number of aliphatic carboxylic acids is 1. The maximum atomic E-state index is 11.4. The van der Waals surface area contributed by atoms with Crippen molar-refractivity contribution in [2.24, 2.45) is 5.73 Å². The van der Waals surface area contributed by atoms with E-state index in [1.165, 1.54) is 6.92 Å². The molecule has 1 rings (SSSR count). The first-order valence-electron chi connectivity index (χ1n) is 5.62. The number of carboxylic acid groups (broad SMARTS) is 1. The quantitative estimate of drug-likeness (QED) is 0.277. The van der Waals surface area contributed by atoms with Crippen molar-refractivity contribution in [3.8, 4) is 0 Å². The normalized spacial score (nSPS) is 26.6. The van der Waals surface area contributed by atoms with Gasteiger partial charge in [0.05, 0.1) is 18.0 Å². The lowest BCUT2D eigenvalue weighted by Crippen LogP contribution is -2.70. The Morgan fingerprint density at radius 2 is 2.21 bits per heavy atom. The molecule has 6 N–H and O–H groups in total. The summed E-state index contributed by atoms with van der Waals surface area (Å²) in [5.41, 5.74) is 3.51. The van der Waals surface area contributed by atoms with E-state index in [0.717, 1.165) is 0 Å². The van der Waals surface area contributed by atoms with Crippen LogP contribution in [0.15, 0.2) is 0 Å². The highest BCUT2D eigenvalue weighted by molar-refractivity contribution is 6.24. The number of alkyl halides is 1. The molecule has 0 bridgehead atoms. The van der Waals surface area contributed by atoms with E-state index in [2.05, 4.69) is 10.6 Å². The fourth-order valence-electron chi connectivity index (χ4n) is 1.52. The molecule has 8 nitrogen and oxygen atoms in total. The highest BCUT2D eigenvalue weighted by Gasteiger charge is 2.51. The summed E-state index contributed by atoms with van der Waals surface area (Å²) in [5.74, 6) is -2.63. The molecule has 108 valence electrons. The molecule has 4 unspecified atom stereocenters. The summed E-state index contributed by atoms with van der Waals surface area (Å²) in [6, 6.07) is -2.19. The van der Waals surface area contributed by atoms with E-state index in [1.807, 2.05) is 0 Å². The van der Waals surface area contributed by atoms with Crippen LogP contribution in [0.5, 0.6) is 0 Å². The van der Waals surface area contributed by atoms with Crippen molar-refractivity contribution in [3.05, 3.63) is 0 Å². The first kappa shape index (κ1) is 15.7. The van der Waals surface area contributed by atoms with Crippen molar-refractivity contribution in [2.45, 2.75) is 36.4 Å². The third-order valence-electron chi connectivity index (χ3n) is 2.90. The van der Waals surface area contributed by atoms with Crippen molar-refractivity contribution in [3.63, 3.8) is 0 Å². The summed E-state index contributed by atoms with van der Waals surface area (Å²) in [5, 5.41) is 22.2. The number of hydrogen-bond donors (Lipinski definition) is 5. The van der Waals surface area contributed by atoms with Crippen LogP contribution >= 0.6 is 11.6 Å². The van der Waals surface area contributed by atoms with Crippen LogP contribution in [-0.4, -0.2) is 57.6 Å². The largest absolute Gasteiger partial charge is 0.480 e. The average molecular weight is 294 g/mol. The molecule has 1 aliphatic rings. The minimum atomic E-state index is -1.80. The van der Waals surface area contributed by atoms with E-state index in [9.17, 15) is 19.5 Å². The maximum Gasteiger partial charge on any atom is 0.326 e. The van der Waals surface area contributed by atoms with Gasteiger partial charge in [0.2, 0.25) is 5.91 Å². The fourth-order valence-corrected chi connectivity index (χ4v) is 1.88. The number of aliphatic hydroxyl groups is 1. The van der Waals surface area contributed by atoms with Crippen LogP contribution in [0, 0.1) is 0 Å². The molecule has 0 aromatic rings. The molecule has 0 aromatic carbocycles. The minimum absolute atomic E-state index is 0.0480. The maximum absolute atomic E-state index is 11.4. The van der Waals surface area contributed by atoms with E-state index in [4.69, 9.17) is 22.4 Å². The Kier molecular flexibility index (Phi) is 4.72. The van der Waals surface area contributed by atoms with Crippen molar-refractivity contribution in [1.82, 2.24) is 10.6 Å². The van der Waals surface area contributed by atoms with Crippen LogP contribution in [0.1, 0.15) is 13.3 Å². The summed E-state index contributed by atoms with van der Waals surface area (Å²) < 4.78 is 0. The van der Waals surface area contributed by atoms with Gasteiger partial charge in [0.1, 0.15) is 6.04 Å². The number of carboxylic acids is 1. The van der Waals surface area contributed by atoms with Gasteiger partial charge in [0.25, 0.3) is 5.91 Å². The van der Waals surface area contributed by atoms with Crippen molar-refractivity contribution in [1.29, 1.82) is 0 Å². The lowest BCUT2D eigenvalue weighted by molar-refractivity contribution is -0.153. The van der Waals surface area contributed by atoms with E-state index in [0.29, 0.717) is 0 Å². The average Bonchev–Trinajstić information content (AvgIpc) is 2.34. The molecule has 0 aliphatic carbocycles. The Labute approximate surface area is 114 Å². The lowest BCUT2D eigenvalue weighted by Gasteiger charge is -2.39. The zero-order valence-corrected chi connectivity index (χ0v) is 11.0. The van der Waals surface area contributed by atoms with Gasteiger partial charge >= 0.3 is 5.97 Å². The third kappa shape index (κ3) is 3.34. The number of nitrogens with two attached hydrogens (primary N) is 1. The van der Waals surface area contributed by atoms with Crippen molar-refractivity contribution < 1.29 is 24.6 Å². The van der Waals surface area contributed by atoms with Gasteiger partial charge in [-0.1, -0.05) is 0 Å². The number of hydrogen-bond acceptors (Lipinski definition) is 5. The van der Waals surface area contributed by atoms with Crippen LogP contribution < -0.4 is 16.4 Å². The second-order valence-electron chi connectivity index (χ2n) is 4.50. The Morgan fingerprint density at radius 3 is 2.53 bits per heavy atom. The number of carbonyl (C=O) groups excluding carboxylic acids is 2. The standard InChI is InChI=1S/C10H16ClN3O5/c1-4(12)7(15)14-5(8(16)17)2-6(11)10(19)3-13-9(10)18/h4-6,19H,2-3,12H2,1H3,(H,13,18)(H,14,15)(H,16,17). The first-order chi connectivity index (χ1) is 8.68. The highest BCUT2D eigenvalue weighted by atomic mass is 35.5. The molecule has 0 aromatic heterocycles. The molecule has 9 heteroatoms. The summed E-state index contributed by atoms with van der Waals surface area (Å²) in [4.78, 5) is 33.5. The molecule has 2 amide bonds. The molecule has 1 heterocycles. The monoisotopic (exact) mass is 293 g/mol. The predicted molar refractivity (Wildman–Crippen MR) is 65.4 cm³/mol. The lowest BCUT2D eigenvalue weighted by atomic mass is 9.88. The van der Waals surface area contributed by atoms with E-state index in [1.54, 1.807) is 0 Å². The zero-order chi connectivity index (χ0) is 14.8. The first-order valence-corrected chi connectivity index (χ1v) is 6.05. The number of carbonyl (C=O) groups is 3. The summed E-state index contributed by atoms with van der Waals surface area (Å²) in [6.45, 7) is 1.35. The Morgan fingerprint density at radius 1 is 1.63 bits per heavy atom. The molecule has 0 radical (unpaired) electrons. The van der Waals surface area contributed by atoms with Gasteiger partial charge in [0, 0.05) is 0 Å². The van der Waals surface area contributed by atoms with Crippen LogP contribution in [0.25, 0.3) is 0 Å². The van der Waals surface area contributed by atoms with Gasteiger partial charge in [-0.3, -0.25) is 9.59 Å². The van der Waals surface area contributed by atoms with E-state index < -0.39 is 40.8 Å². The molecule has 1 fully saturated rings. The molecular formula is C10H16ClN3O5. The molecule has 0 spiro atoms. The Balaban J connectivity index is 2.66. The number of β-lactam (4-membered cyclic amide) rings is 1. The van der Waals surface area contributed by atoms with E-state index >= 15 is 0 Å². The number of nitrogens with one attached hydrogen (secondary N) is 2. The van der Waals surface area contributed by atoms with Crippen molar-refractivity contribution >= 4 is 29.4 Å². The summed E-state index contributed by atoms with van der Waals surface area (Å²) >= 11 is 5.86. The zero-order valence-electron chi connectivity index (χ0n) is 10.2. The molecule has 19 heavy (non-hydrogen) atoms. The van der Waals surface area contributed by atoms with Crippen LogP contribution in [0.2, 0.25) is 0 Å². The van der Waals surface area contributed by atoms with Crippen LogP contribution in [-0.2, 0) is 14.4 Å². The topological polar surface area (TPSA) is 142 Å². The number of β-amino-alcohol motifs (C(OH)–C–C–N with tert-alkyl or cyclic N) is 1. The minimum Gasteiger partial charge on any atom is -0.480 e. The smallest absolute Gasteiger partial charge is 0.326 e. The molecule has 0 saturated carbocycles. The van der Waals surface area contributed by atoms with Gasteiger partial charge in [0.15, 0.2) is 5.60 Å². The van der Waals surface area contributed by atoms with Gasteiger partial charge in [-0.05, 0) is 13.3 Å². The Bertz CT molecular complexity index is 403. The molecule has 1 saturated heterocycles. The highest BCUT2D eigenvalue weighted by Crippen LogP contribution is 2.26. The summed E-state index contributed by atoms with van der Waals surface area (Å²) in [7, 11) is 0. The molecule has 4 atom stereocenters. The number of rotatable bonds is 6.